The van der Waals surface area contributed by atoms with Crippen LogP contribution < -0.4 is 16.3 Å². The highest BCUT2D eigenvalue weighted by Crippen LogP contribution is 2.55. The van der Waals surface area contributed by atoms with Crippen LogP contribution in [0.5, 0.6) is 0 Å². The second-order valence-electron chi connectivity index (χ2n) is 6.98. The van der Waals surface area contributed by atoms with Gasteiger partial charge in [-0.3, -0.25) is 4.79 Å². The summed E-state index contributed by atoms with van der Waals surface area (Å²) in [6.45, 7) is 1.76. The van der Waals surface area contributed by atoms with Crippen LogP contribution in [0, 0.1) is 6.92 Å². The average molecular weight is 371 g/mol. The summed E-state index contributed by atoms with van der Waals surface area (Å²) in [6, 6.07) is 14.5. The van der Waals surface area contributed by atoms with Gasteiger partial charge in [-0.05, 0) is 25.1 Å². The molecule has 6 rings (SSSR count). The number of anilines is 3. The maximum Gasteiger partial charge on any atom is 0.343 e. The fourth-order valence-electron chi connectivity index (χ4n) is 4.51. The first-order valence-corrected chi connectivity index (χ1v) is 8.83. The standard InChI is InChI=1S/C21H13N3O4/c1-10-15-18(28-24-10)23-17-11-6-2-5-9-14(11)27-19(25)16(17)21(15)12-7-3-4-8-13(12)22-20(21)26/h2-9,23H,1H3,(H,22,26). The van der Waals surface area contributed by atoms with Crippen molar-refractivity contribution in [3.8, 4) is 0 Å². The van der Waals surface area contributed by atoms with Crippen LogP contribution in [-0.4, -0.2) is 11.1 Å². The third-order valence-electron chi connectivity index (χ3n) is 5.58. The first-order chi connectivity index (χ1) is 13.6. The van der Waals surface area contributed by atoms with E-state index in [4.69, 9.17) is 8.94 Å². The number of rotatable bonds is 0. The second kappa shape index (κ2) is 4.89. The zero-order valence-electron chi connectivity index (χ0n) is 14.7. The van der Waals surface area contributed by atoms with Gasteiger partial charge in [0.15, 0.2) is 0 Å². The van der Waals surface area contributed by atoms with Crippen molar-refractivity contribution in [2.75, 3.05) is 10.6 Å². The van der Waals surface area contributed by atoms with E-state index in [1.807, 2.05) is 36.4 Å². The molecule has 0 radical (unpaired) electrons. The lowest BCUT2D eigenvalue weighted by Gasteiger charge is -2.33. The molecule has 1 spiro atoms. The second-order valence-corrected chi connectivity index (χ2v) is 6.98. The van der Waals surface area contributed by atoms with E-state index in [0.29, 0.717) is 45.0 Å². The number of fused-ring (bicyclic) bond motifs is 8. The van der Waals surface area contributed by atoms with Gasteiger partial charge in [0.1, 0.15) is 11.0 Å². The van der Waals surface area contributed by atoms with Gasteiger partial charge in [-0.25, -0.2) is 4.79 Å². The van der Waals surface area contributed by atoms with Crippen molar-refractivity contribution in [3.63, 3.8) is 0 Å². The molecule has 28 heavy (non-hydrogen) atoms. The Morgan fingerprint density at radius 2 is 1.75 bits per heavy atom. The number of para-hydroxylation sites is 2. The largest absolute Gasteiger partial charge is 0.422 e. The molecule has 0 aliphatic carbocycles. The van der Waals surface area contributed by atoms with Crippen molar-refractivity contribution >= 4 is 34.1 Å². The first-order valence-electron chi connectivity index (χ1n) is 8.83. The highest BCUT2D eigenvalue weighted by molar-refractivity contribution is 6.15. The average Bonchev–Trinajstić information content (AvgIpc) is 3.20. The van der Waals surface area contributed by atoms with Crippen molar-refractivity contribution in [2.45, 2.75) is 12.3 Å². The monoisotopic (exact) mass is 371 g/mol. The van der Waals surface area contributed by atoms with Crippen LogP contribution in [0.4, 0.5) is 17.3 Å². The smallest absolute Gasteiger partial charge is 0.343 e. The molecule has 4 aromatic rings. The molecule has 2 aromatic carbocycles. The highest BCUT2D eigenvalue weighted by Gasteiger charge is 2.58. The van der Waals surface area contributed by atoms with Crippen LogP contribution in [0.2, 0.25) is 0 Å². The molecule has 0 fully saturated rings. The number of hydrogen-bond acceptors (Lipinski definition) is 6. The number of carbonyl (C=O) groups excluding carboxylic acids is 1. The quantitative estimate of drug-likeness (QED) is 0.460. The molecular formula is C21H13N3O4. The van der Waals surface area contributed by atoms with E-state index in [9.17, 15) is 9.59 Å². The molecule has 4 heterocycles. The highest BCUT2D eigenvalue weighted by atomic mass is 16.5. The van der Waals surface area contributed by atoms with Crippen molar-refractivity contribution < 1.29 is 13.7 Å². The lowest BCUT2D eigenvalue weighted by molar-refractivity contribution is -0.118. The maximum atomic E-state index is 13.5. The Kier molecular flexibility index (Phi) is 2.66. The van der Waals surface area contributed by atoms with Crippen molar-refractivity contribution in [1.29, 1.82) is 0 Å². The zero-order chi connectivity index (χ0) is 19.0. The predicted octanol–water partition coefficient (Wildman–Crippen LogP) is 3.43. The Morgan fingerprint density at radius 1 is 0.964 bits per heavy atom. The molecule has 1 atom stereocenters. The van der Waals surface area contributed by atoms with Gasteiger partial charge in [0, 0.05) is 16.6 Å². The maximum absolute atomic E-state index is 13.5. The third kappa shape index (κ3) is 1.58. The van der Waals surface area contributed by atoms with E-state index in [2.05, 4.69) is 15.8 Å². The first kappa shape index (κ1) is 15.2. The Labute approximate surface area is 158 Å². The number of nitrogens with one attached hydrogen (secondary N) is 2. The van der Waals surface area contributed by atoms with E-state index in [1.165, 1.54) is 0 Å². The number of hydrogen-bond donors (Lipinski definition) is 2. The summed E-state index contributed by atoms with van der Waals surface area (Å²) < 4.78 is 11.1. The molecule has 2 aromatic heterocycles. The topological polar surface area (TPSA) is 97.4 Å². The number of aryl methyl sites for hydroxylation is 1. The number of aromatic nitrogens is 1. The van der Waals surface area contributed by atoms with Crippen molar-refractivity contribution in [3.05, 3.63) is 81.3 Å². The van der Waals surface area contributed by atoms with Crippen LogP contribution in [0.25, 0.3) is 11.0 Å². The van der Waals surface area contributed by atoms with Crippen LogP contribution in [0.3, 0.4) is 0 Å². The molecule has 7 nitrogen and oxygen atoms in total. The molecule has 0 bridgehead atoms. The van der Waals surface area contributed by atoms with Crippen LogP contribution in [0.15, 0.2) is 62.3 Å². The number of amides is 1. The molecule has 1 unspecified atom stereocenters. The van der Waals surface area contributed by atoms with Gasteiger partial charge in [-0.15, -0.1) is 0 Å². The molecule has 2 aliphatic rings. The Balaban J connectivity index is 1.87. The summed E-state index contributed by atoms with van der Waals surface area (Å²) in [4.78, 5) is 26.7. The zero-order valence-corrected chi connectivity index (χ0v) is 14.7. The Bertz CT molecular complexity index is 1380. The molecular weight excluding hydrogens is 358 g/mol. The molecule has 0 saturated heterocycles. The molecule has 2 N–H and O–H groups in total. The number of nitrogens with zero attached hydrogens (tertiary/aromatic N) is 1. The normalized spacial score (nSPS) is 19.1. The van der Waals surface area contributed by atoms with Gasteiger partial charge < -0.3 is 19.6 Å². The number of benzene rings is 2. The van der Waals surface area contributed by atoms with Crippen LogP contribution in [-0.2, 0) is 10.2 Å². The van der Waals surface area contributed by atoms with Gasteiger partial charge in [-0.2, -0.15) is 0 Å². The minimum Gasteiger partial charge on any atom is -0.422 e. The van der Waals surface area contributed by atoms with E-state index in [-0.39, 0.29) is 11.5 Å². The van der Waals surface area contributed by atoms with E-state index >= 15 is 0 Å². The Morgan fingerprint density at radius 3 is 2.64 bits per heavy atom. The number of carbonyl (C=O) groups is 1. The summed E-state index contributed by atoms with van der Waals surface area (Å²) in [5.74, 6) is 0.0270. The third-order valence-corrected chi connectivity index (χ3v) is 5.58. The SMILES string of the molecule is Cc1noc2c1C1(C(=O)Nc3ccccc31)c1c(c3ccccc3oc1=O)N2. The van der Waals surface area contributed by atoms with Gasteiger partial charge in [-0.1, -0.05) is 35.5 Å². The molecule has 2 aliphatic heterocycles. The van der Waals surface area contributed by atoms with E-state index < -0.39 is 11.0 Å². The van der Waals surface area contributed by atoms with Gasteiger partial charge in [0.25, 0.3) is 0 Å². The van der Waals surface area contributed by atoms with Crippen molar-refractivity contribution in [1.82, 2.24) is 5.16 Å². The Hall–Kier alpha value is -3.87. The minimum atomic E-state index is -1.39. The van der Waals surface area contributed by atoms with Gasteiger partial charge in [0.05, 0.1) is 22.5 Å². The van der Waals surface area contributed by atoms with Gasteiger partial charge in [0.2, 0.25) is 11.8 Å². The molecule has 0 saturated carbocycles. The lowest BCUT2D eigenvalue weighted by atomic mass is 9.68. The fraction of sp³-hybridized carbons (Fsp3) is 0.0952. The van der Waals surface area contributed by atoms with E-state index in [1.54, 1.807) is 19.1 Å². The summed E-state index contributed by atoms with van der Waals surface area (Å²) in [5.41, 5.74) is 1.62. The van der Waals surface area contributed by atoms with Crippen LogP contribution >= 0.6 is 0 Å². The predicted molar refractivity (Wildman–Crippen MR) is 102 cm³/mol. The molecule has 136 valence electrons. The molecule has 1 amide bonds. The minimum absolute atomic E-state index is 0.243. The fourth-order valence-corrected chi connectivity index (χ4v) is 4.51. The summed E-state index contributed by atoms with van der Waals surface area (Å²) >= 11 is 0. The van der Waals surface area contributed by atoms with Crippen LogP contribution in [0.1, 0.15) is 22.4 Å². The van der Waals surface area contributed by atoms with E-state index in [0.717, 1.165) is 0 Å². The lowest BCUT2D eigenvalue weighted by Crippen LogP contribution is -2.44. The van der Waals surface area contributed by atoms with Gasteiger partial charge >= 0.3 is 5.63 Å². The summed E-state index contributed by atoms with van der Waals surface area (Å²) in [5, 5.41) is 10.8. The van der Waals surface area contributed by atoms with Crippen molar-refractivity contribution in [2.24, 2.45) is 0 Å². The summed E-state index contributed by atoms with van der Waals surface area (Å²) in [6.07, 6.45) is 0. The molecule has 7 heteroatoms. The summed E-state index contributed by atoms with van der Waals surface area (Å²) in [7, 11) is 0.